The lowest BCUT2D eigenvalue weighted by atomic mass is 10.00. The second kappa shape index (κ2) is 13.4. The number of ether oxygens (including phenoxy) is 3. The predicted molar refractivity (Wildman–Crippen MR) is 174 cm³/mol. The lowest BCUT2D eigenvalue weighted by Gasteiger charge is -2.31. The van der Waals surface area contributed by atoms with Crippen molar-refractivity contribution in [3.63, 3.8) is 0 Å². The molecule has 4 aromatic rings. The standard InChI is InChI=1S/C34H36N4O8S/c1-21-11-9-12-22(2)30(21)26-18-28(36-32(35-26)37-47(42,43)25-16-10-15-24(17-25)31(39)40)44-20-29-38(33(41)46-34(3,4)5)27(19-45-29)23-13-7-6-8-14-23/h6-18,27,29H,19-20H2,1-5H3,(H,39,40)(H,35,36,37)/t27-,29?/m1/s1. The lowest BCUT2D eigenvalue weighted by molar-refractivity contribution is -0.0297. The van der Waals surface area contributed by atoms with Gasteiger partial charge in [0, 0.05) is 11.6 Å². The fraction of sp³-hybridized carbons (Fsp3) is 0.294. The number of aromatic carboxylic acids is 1. The van der Waals surface area contributed by atoms with Gasteiger partial charge in [0.25, 0.3) is 10.0 Å². The molecule has 1 fully saturated rings. The Balaban J connectivity index is 1.48. The van der Waals surface area contributed by atoms with Gasteiger partial charge in [-0.3, -0.25) is 4.90 Å². The first kappa shape index (κ1) is 33.4. The van der Waals surface area contributed by atoms with E-state index in [0.717, 1.165) is 28.3 Å². The van der Waals surface area contributed by atoms with Crippen LogP contribution in [0.1, 0.15) is 53.9 Å². The van der Waals surface area contributed by atoms with Crippen LogP contribution in [0.3, 0.4) is 0 Å². The molecule has 3 aromatic carbocycles. The number of aryl methyl sites for hydroxylation is 2. The van der Waals surface area contributed by atoms with Crippen LogP contribution in [-0.2, 0) is 19.5 Å². The zero-order chi connectivity index (χ0) is 33.9. The summed E-state index contributed by atoms with van der Waals surface area (Å²) in [4.78, 5) is 34.9. The third-order valence-corrected chi connectivity index (χ3v) is 8.64. The SMILES string of the molecule is Cc1cccc(C)c1-c1cc(OCC2OC[C@H](c3ccccc3)N2C(=O)OC(C)(C)C)nc(NS(=O)(=O)c2cccc(C(=O)O)c2)n1. The zero-order valence-electron chi connectivity index (χ0n) is 26.6. The first-order valence-corrected chi connectivity index (χ1v) is 16.3. The van der Waals surface area contributed by atoms with Crippen LogP contribution in [0.15, 0.2) is 83.8 Å². The van der Waals surface area contributed by atoms with E-state index in [2.05, 4.69) is 14.7 Å². The van der Waals surface area contributed by atoms with E-state index in [9.17, 15) is 23.1 Å². The Kier molecular flexibility index (Phi) is 9.50. The molecule has 12 nitrogen and oxygen atoms in total. The second-order valence-corrected chi connectivity index (χ2v) is 13.7. The summed E-state index contributed by atoms with van der Waals surface area (Å²) in [6.45, 7) is 9.19. The molecular weight excluding hydrogens is 624 g/mol. The van der Waals surface area contributed by atoms with Gasteiger partial charge in [0.2, 0.25) is 11.8 Å². The van der Waals surface area contributed by atoms with Crippen molar-refractivity contribution in [2.24, 2.45) is 0 Å². The van der Waals surface area contributed by atoms with Crippen LogP contribution < -0.4 is 9.46 Å². The number of hydrogen-bond donors (Lipinski definition) is 2. The Labute approximate surface area is 273 Å². The van der Waals surface area contributed by atoms with E-state index >= 15 is 0 Å². The zero-order valence-corrected chi connectivity index (χ0v) is 27.4. The van der Waals surface area contributed by atoms with Crippen LogP contribution >= 0.6 is 0 Å². The molecular formula is C34H36N4O8S. The highest BCUT2D eigenvalue weighted by molar-refractivity contribution is 7.92. The van der Waals surface area contributed by atoms with Gasteiger partial charge in [0.15, 0.2) is 6.23 Å². The number of nitrogens with one attached hydrogen (secondary N) is 1. The molecule has 0 radical (unpaired) electrons. The maximum absolute atomic E-state index is 13.4. The van der Waals surface area contributed by atoms with Crippen LogP contribution in [-0.4, -0.2) is 65.5 Å². The lowest BCUT2D eigenvalue weighted by Crippen LogP contribution is -2.44. The molecule has 0 spiro atoms. The first-order chi connectivity index (χ1) is 22.2. The minimum Gasteiger partial charge on any atom is -0.478 e. The third-order valence-electron chi connectivity index (χ3n) is 7.31. The number of aromatic nitrogens is 2. The highest BCUT2D eigenvalue weighted by Gasteiger charge is 2.41. The van der Waals surface area contributed by atoms with Gasteiger partial charge in [-0.25, -0.2) is 27.7 Å². The molecule has 0 saturated carbocycles. The smallest absolute Gasteiger partial charge is 0.413 e. The number of carbonyl (C=O) groups excluding carboxylic acids is 1. The van der Waals surface area contributed by atoms with Crippen LogP contribution in [0.4, 0.5) is 10.7 Å². The molecule has 1 saturated heterocycles. The number of carboxylic acid groups (broad SMARTS) is 1. The quantitative estimate of drug-likeness (QED) is 0.219. The Morgan fingerprint density at radius 2 is 1.66 bits per heavy atom. The van der Waals surface area contributed by atoms with Gasteiger partial charge in [0.05, 0.1) is 28.8 Å². The maximum Gasteiger partial charge on any atom is 0.413 e. The van der Waals surface area contributed by atoms with E-state index in [-0.39, 0.29) is 35.5 Å². The van der Waals surface area contributed by atoms with Gasteiger partial charge in [-0.15, -0.1) is 0 Å². The topological polar surface area (TPSA) is 157 Å². The second-order valence-electron chi connectivity index (χ2n) is 12.0. The molecule has 5 rings (SSSR count). The summed E-state index contributed by atoms with van der Waals surface area (Å²) in [5.41, 5.74) is 2.84. The number of hydrogen-bond acceptors (Lipinski definition) is 9. The molecule has 0 aliphatic carbocycles. The van der Waals surface area contributed by atoms with Crippen molar-refractivity contribution in [3.05, 3.63) is 101 Å². The minimum atomic E-state index is -4.30. The molecule has 1 unspecified atom stereocenters. The van der Waals surface area contributed by atoms with E-state index in [1.807, 2.05) is 62.4 Å². The van der Waals surface area contributed by atoms with Crippen LogP contribution in [0.5, 0.6) is 5.88 Å². The molecule has 1 aromatic heterocycles. The molecule has 0 bridgehead atoms. The number of anilines is 1. The van der Waals surface area contributed by atoms with E-state index in [1.165, 1.54) is 23.1 Å². The van der Waals surface area contributed by atoms with Crippen molar-refractivity contribution in [2.45, 2.75) is 57.4 Å². The molecule has 47 heavy (non-hydrogen) atoms. The monoisotopic (exact) mass is 660 g/mol. The number of carbonyl (C=O) groups is 2. The molecule has 246 valence electrons. The van der Waals surface area contributed by atoms with Gasteiger partial charge >= 0.3 is 12.1 Å². The summed E-state index contributed by atoms with van der Waals surface area (Å²) in [6, 6.07) is 21.2. The number of amides is 1. The fourth-order valence-corrected chi connectivity index (χ4v) is 6.20. The van der Waals surface area contributed by atoms with Gasteiger partial charge in [-0.2, -0.15) is 4.98 Å². The van der Waals surface area contributed by atoms with Gasteiger partial charge in [-0.05, 0) is 69.5 Å². The van der Waals surface area contributed by atoms with E-state index < -0.39 is 40.0 Å². The number of carboxylic acids is 1. The molecule has 1 aliphatic heterocycles. The van der Waals surface area contributed by atoms with Gasteiger partial charge < -0.3 is 19.3 Å². The first-order valence-electron chi connectivity index (χ1n) is 14.8. The Morgan fingerprint density at radius 3 is 2.32 bits per heavy atom. The predicted octanol–water partition coefficient (Wildman–Crippen LogP) is 5.97. The van der Waals surface area contributed by atoms with Crippen molar-refractivity contribution in [1.29, 1.82) is 0 Å². The van der Waals surface area contributed by atoms with Crippen molar-refractivity contribution in [3.8, 4) is 17.1 Å². The Bertz CT molecular complexity index is 1870. The fourth-order valence-electron chi connectivity index (χ4n) is 5.21. The highest BCUT2D eigenvalue weighted by atomic mass is 32.2. The average molecular weight is 661 g/mol. The van der Waals surface area contributed by atoms with Crippen molar-refractivity contribution in [1.82, 2.24) is 14.9 Å². The molecule has 2 atom stereocenters. The summed E-state index contributed by atoms with van der Waals surface area (Å²) in [6.07, 6.45) is -1.43. The molecule has 1 amide bonds. The van der Waals surface area contributed by atoms with Crippen molar-refractivity contribution < 1.29 is 37.3 Å². The minimum absolute atomic E-state index is 0.0190. The maximum atomic E-state index is 13.4. The van der Waals surface area contributed by atoms with Gasteiger partial charge in [-0.1, -0.05) is 54.6 Å². The Hall–Kier alpha value is -5.01. The summed E-state index contributed by atoms with van der Waals surface area (Å²) in [5, 5.41) is 9.35. The number of rotatable bonds is 9. The summed E-state index contributed by atoms with van der Waals surface area (Å²) < 4.78 is 46.9. The normalized spacial score (nSPS) is 16.5. The van der Waals surface area contributed by atoms with Crippen LogP contribution in [0.2, 0.25) is 0 Å². The summed E-state index contributed by atoms with van der Waals surface area (Å²) in [5.74, 6) is -1.54. The average Bonchev–Trinajstić information content (AvgIpc) is 3.44. The third kappa shape index (κ3) is 7.87. The number of nitrogens with zero attached hydrogens (tertiary/aromatic N) is 3. The van der Waals surface area contributed by atoms with E-state index in [1.54, 1.807) is 26.8 Å². The number of benzene rings is 3. The summed E-state index contributed by atoms with van der Waals surface area (Å²) in [7, 11) is -4.30. The number of sulfonamides is 1. The van der Waals surface area contributed by atoms with E-state index in [0.29, 0.717) is 5.69 Å². The van der Waals surface area contributed by atoms with Crippen molar-refractivity contribution in [2.75, 3.05) is 17.9 Å². The highest BCUT2D eigenvalue weighted by Crippen LogP contribution is 2.33. The van der Waals surface area contributed by atoms with Gasteiger partial charge in [0.1, 0.15) is 12.2 Å². The molecule has 13 heteroatoms. The Morgan fingerprint density at radius 1 is 0.979 bits per heavy atom. The van der Waals surface area contributed by atoms with Crippen molar-refractivity contribution >= 4 is 28.0 Å². The van der Waals surface area contributed by atoms with Crippen LogP contribution in [0.25, 0.3) is 11.3 Å². The van der Waals surface area contributed by atoms with Crippen LogP contribution in [0, 0.1) is 13.8 Å². The summed E-state index contributed by atoms with van der Waals surface area (Å²) >= 11 is 0. The molecule has 2 N–H and O–H groups in total. The molecule has 2 heterocycles. The molecule has 1 aliphatic rings. The largest absolute Gasteiger partial charge is 0.478 e. The van der Waals surface area contributed by atoms with E-state index in [4.69, 9.17) is 14.2 Å².